The lowest BCUT2D eigenvalue weighted by molar-refractivity contribution is 0.647. The minimum Gasteiger partial charge on any atom is -0.378 e. The zero-order valence-corrected chi connectivity index (χ0v) is 14.1. The molecule has 0 aliphatic rings. The van der Waals surface area contributed by atoms with Gasteiger partial charge in [0.15, 0.2) is 5.15 Å². The lowest BCUT2D eigenvalue weighted by atomic mass is 10.0. The SMILES string of the molecule is Cc1cc(Cl)nc(Cl)c1NCc1ccc(CC(C)C)cc1. The third-order valence-electron chi connectivity index (χ3n) is 3.28. The molecule has 0 fully saturated rings. The number of aryl methyl sites for hydroxylation is 1. The number of aromatic nitrogens is 1. The molecule has 1 N–H and O–H groups in total. The van der Waals surface area contributed by atoms with E-state index < -0.39 is 0 Å². The normalized spacial score (nSPS) is 11.0. The maximum absolute atomic E-state index is 6.13. The summed E-state index contributed by atoms with van der Waals surface area (Å²) in [5.41, 5.74) is 4.42. The predicted molar refractivity (Wildman–Crippen MR) is 91.3 cm³/mol. The monoisotopic (exact) mass is 322 g/mol. The van der Waals surface area contributed by atoms with Gasteiger partial charge in [-0.1, -0.05) is 61.3 Å². The van der Waals surface area contributed by atoms with E-state index in [9.17, 15) is 0 Å². The first-order valence-corrected chi connectivity index (χ1v) is 7.85. The van der Waals surface area contributed by atoms with E-state index in [0.717, 1.165) is 17.7 Å². The van der Waals surface area contributed by atoms with Crippen LogP contribution >= 0.6 is 23.2 Å². The number of rotatable bonds is 5. The molecule has 1 heterocycles. The molecule has 2 nitrogen and oxygen atoms in total. The van der Waals surface area contributed by atoms with Gasteiger partial charge in [0.25, 0.3) is 0 Å². The highest BCUT2D eigenvalue weighted by molar-refractivity contribution is 6.34. The fraction of sp³-hybridized carbons (Fsp3) is 0.353. The molecular formula is C17H20Cl2N2. The molecule has 0 saturated carbocycles. The van der Waals surface area contributed by atoms with Gasteiger partial charge in [0.1, 0.15) is 5.15 Å². The van der Waals surface area contributed by atoms with Crippen molar-refractivity contribution in [3.05, 3.63) is 57.3 Å². The highest BCUT2D eigenvalue weighted by atomic mass is 35.5. The Morgan fingerprint density at radius 2 is 1.71 bits per heavy atom. The second kappa shape index (κ2) is 7.15. The molecule has 0 atom stereocenters. The van der Waals surface area contributed by atoms with Crippen molar-refractivity contribution in [2.24, 2.45) is 5.92 Å². The van der Waals surface area contributed by atoms with Crippen molar-refractivity contribution in [1.82, 2.24) is 4.98 Å². The van der Waals surface area contributed by atoms with Gasteiger partial charge in [0.05, 0.1) is 5.69 Å². The summed E-state index contributed by atoms with van der Waals surface area (Å²) < 4.78 is 0. The van der Waals surface area contributed by atoms with Crippen molar-refractivity contribution in [3.8, 4) is 0 Å². The summed E-state index contributed by atoms with van der Waals surface area (Å²) in [6.07, 6.45) is 1.11. The molecule has 0 saturated heterocycles. The molecule has 0 bridgehead atoms. The molecule has 0 aliphatic heterocycles. The highest BCUT2D eigenvalue weighted by Gasteiger charge is 2.07. The van der Waals surface area contributed by atoms with Crippen molar-refractivity contribution in [2.45, 2.75) is 33.7 Å². The average Bonchev–Trinajstić information content (AvgIpc) is 2.38. The van der Waals surface area contributed by atoms with Crippen molar-refractivity contribution in [1.29, 1.82) is 0 Å². The van der Waals surface area contributed by atoms with Gasteiger partial charge in [-0.15, -0.1) is 0 Å². The molecule has 1 aromatic heterocycles. The van der Waals surface area contributed by atoms with Crippen LogP contribution in [0.25, 0.3) is 0 Å². The second-order valence-corrected chi connectivity index (χ2v) is 6.44. The Morgan fingerprint density at radius 1 is 1.10 bits per heavy atom. The molecule has 1 aromatic carbocycles. The fourth-order valence-corrected chi connectivity index (χ4v) is 2.86. The first-order valence-electron chi connectivity index (χ1n) is 7.10. The number of hydrogen-bond donors (Lipinski definition) is 1. The summed E-state index contributed by atoms with van der Waals surface area (Å²) in [6.45, 7) is 7.14. The lowest BCUT2D eigenvalue weighted by Gasteiger charge is -2.12. The highest BCUT2D eigenvalue weighted by Crippen LogP contribution is 2.26. The predicted octanol–water partition coefficient (Wildman–Crippen LogP) is 5.51. The van der Waals surface area contributed by atoms with Crippen LogP contribution in [0.15, 0.2) is 30.3 Å². The molecule has 0 spiro atoms. The van der Waals surface area contributed by atoms with Gasteiger partial charge in [-0.2, -0.15) is 0 Å². The van der Waals surface area contributed by atoms with Crippen LogP contribution in [0.5, 0.6) is 0 Å². The molecule has 0 unspecified atom stereocenters. The van der Waals surface area contributed by atoms with E-state index in [1.54, 1.807) is 0 Å². The van der Waals surface area contributed by atoms with Crippen LogP contribution in [0.1, 0.15) is 30.5 Å². The number of benzene rings is 1. The first-order chi connectivity index (χ1) is 9.95. The number of hydrogen-bond acceptors (Lipinski definition) is 2. The van der Waals surface area contributed by atoms with Crippen molar-refractivity contribution in [2.75, 3.05) is 5.32 Å². The van der Waals surface area contributed by atoms with E-state index in [-0.39, 0.29) is 0 Å². The van der Waals surface area contributed by atoms with Gasteiger partial charge in [0, 0.05) is 6.54 Å². The molecule has 2 aromatic rings. The Labute approximate surface area is 136 Å². The third-order valence-corrected chi connectivity index (χ3v) is 3.74. The zero-order valence-electron chi connectivity index (χ0n) is 12.6. The fourth-order valence-electron chi connectivity index (χ4n) is 2.26. The molecule has 4 heteroatoms. The molecule has 0 radical (unpaired) electrons. The Bertz CT molecular complexity index is 584. The summed E-state index contributed by atoms with van der Waals surface area (Å²) in [5.74, 6) is 0.676. The van der Waals surface area contributed by atoms with Crippen LogP contribution in [0, 0.1) is 12.8 Å². The molecule has 0 aliphatic carbocycles. The van der Waals surface area contributed by atoms with E-state index in [0.29, 0.717) is 22.8 Å². The molecule has 112 valence electrons. The quantitative estimate of drug-likeness (QED) is 0.734. The van der Waals surface area contributed by atoms with E-state index >= 15 is 0 Å². The van der Waals surface area contributed by atoms with E-state index in [4.69, 9.17) is 23.2 Å². The summed E-state index contributed by atoms with van der Waals surface area (Å²) >= 11 is 12.0. The smallest absolute Gasteiger partial charge is 0.154 e. The van der Waals surface area contributed by atoms with Crippen LogP contribution < -0.4 is 5.32 Å². The van der Waals surface area contributed by atoms with Crippen molar-refractivity contribution < 1.29 is 0 Å². The van der Waals surface area contributed by atoms with Crippen molar-refractivity contribution in [3.63, 3.8) is 0 Å². The number of halogens is 2. The van der Waals surface area contributed by atoms with Gasteiger partial charge in [-0.05, 0) is 42.0 Å². The average molecular weight is 323 g/mol. The second-order valence-electron chi connectivity index (χ2n) is 5.70. The number of nitrogens with one attached hydrogen (secondary N) is 1. The van der Waals surface area contributed by atoms with E-state index in [1.165, 1.54) is 11.1 Å². The maximum atomic E-state index is 6.13. The van der Waals surface area contributed by atoms with Crippen LogP contribution in [-0.4, -0.2) is 4.98 Å². The third kappa shape index (κ3) is 4.62. The number of anilines is 1. The van der Waals surface area contributed by atoms with Gasteiger partial charge in [0.2, 0.25) is 0 Å². The molecular weight excluding hydrogens is 303 g/mol. The summed E-state index contributed by atoms with van der Waals surface area (Å²) in [4.78, 5) is 4.06. The van der Waals surface area contributed by atoms with Crippen molar-refractivity contribution >= 4 is 28.9 Å². The summed E-state index contributed by atoms with van der Waals surface area (Å²) in [7, 11) is 0. The van der Waals surface area contributed by atoms with Gasteiger partial charge in [-0.3, -0.25) is 0 Å². The van der Waals surface area contributed by atoms with Crippen LogP contribution in [0.2, 0.25) is 10.3 Å². The Morgan fingerprint density at radius 3 is 2.29 bits per heavy atom. The number of nitrogens with zero attached hydrogens (tertiary/aromatic N) is 1. The molecule has 0 amide bonds. The number of pyridine rings is 1. The Kier molecular flexibility index (Phi) is 5.49. The Balaban J connectivity index is 2.03. The maximum Gasteiger partial charge on any atom is 0.154 e. The lowest BCUT2D eigenvalue weighted by Crippen LogP contribution is -2.03. The van der Waals surface area contributed by atoms with Crippen LogP contribution in [-0.2, 0) is 13.0 Å². The summed E-state index contributed by atoms with van der Waals surface area (Å²) in [6, 6.07) is 10.5. The minimum absolute atomic E-state index is 0.413. The molecule has 21 heavy (non-hydrogen) atoms. The largest absolute Gasteiger partial charge is 0.378 e. The minimum atomic E-state index is 0.413. The van der Waals surface area contributed by atoms with Gasteiger partial charge < -0.3 is 5.32 Å². The Hall–Kier alpha value is -1.25. The van der Waals surface area contributed by atoms with E-state index in [2.05, 4.69) is 48.4 Å². The topological polar surface area (TPSA) is 24.9 Å². The van der Waals surface area contributed by atoms with Gasteiger partial charge in [-0.25, -0.2) is 4.98 Å². The van der Waals surface area contributed by atoms with Crippen LogP contribution in [0.4, 0.5) is 5.69 Å². The first kappa shape index (κ1) is 16.1. The van der Waals surface area contributed by atoms with Gasteiger partial charge >= 0.3 is 0 Å². The van der Waals surface area contributed by atoms with Crippen LogP contribution in [0.3, 0.4) is 0 Å². The molecule has 2 rings (SSSR count). The van der Waals surface area contributed by atoms with E-state index in [1.807, 2.05) is 13.0 Å². The standard InChI is InChI=1S/C17H20Cl2N2/c1-11(2)8-13-4-6-14(7-5-13)10-20-16-12(3)9-15(18)21-17(16)19/h4-7,9,11,20H,8,10H2,1-3H3. The zero-order chi connectivity index (χ0) is 15.4. The summed E-state index contributed by atoms with van der Waals surface area (Å²) in [5, 5.41) is 4.16.